The molecule has 0 radical (unpaired) electrons. The third-order valence-corrected chi connectivity index (χ3v) is 4.27. The van der Waals surface area contributed by atoms with E-state index in [0.29, 0.717) is 6.54 Å². The van der Waals surface area contributed by atoms with Gasteiger partial charge in [-0.1, -0.05) is 13.8 Å². The van der Waals surface area contributed by atoms with Crippen LogP contribution >= 0.6 is 11.3 Å². The van der Waals surface area contributed by atoms with Crippen molar-refractivity contribution >= 4 is 17.3 Å². The highest BCUT2D eigenvalue weighted by Crippen LogP contribution is 2.16. The Bertz CT molecular complexity index is 449. The molecule has 1 rings (SSSR count). The second-order valence-corrected chi connectivity index (χ2v) is 7.23. The quantitative estimate of drug-likeness (QED) is 0.531. The summed E-state index contributed by atoms with van der Waals surface area (Å²) in [6.07, 6.45) is 0.896. The Labute approximate surface area is 131 Å². The number of hydrogen-bond donors (Lipinski definition) is 3. The Kier molecular flexibility index (Phi) is 7.11. The number of rotatable bonds is 7. The van der Waals surface area contributed by atoms with Crippen LogP contribution in [-0.2, 0) is 6.42 Å². The van der Waals surface area contributed by atoms with Gasteiger partial charge in [-0.05, 0) is 20.8 Å². The number of aliphatic hydroxyl groups excluding tert-OH is 1. The average Bonchev–Trinajstić information content (AvgIpc) is 2.75. The molecule has 3 N–H and O–H groups in total. The highest BCUT2D eigenvalue weighted by Gasteiger charge is 2.15. The van der Waals surface area contributed by atoms with Crippen LogP contribution in [0.2, 0.25) is 0 Å². The second kappa shape index (κ2) is 8.34. The first kappa shape index (κ1) is 17.9. The van der Waals surface area contributed by atoms with Gasteiger partial charge in [0.2, 0.25) is 0 Å². The highest BCUT2D eigenvalue weighted by molar-refractivity contribution is 7.11. The monoisotopic (exact) mass is 312 g/mol. The van der Waals surface area contributed by atoms with Crippen molar-refractivity contribution < 1.29 is 5.11 Å². The maximum absolute atomic E-state index is 9.27. The first-order chi connectivity index (χ1) is 9.88. The van der Waals surface area contributed by atoms with Crippen molar-refractivity contribution in [1.82, 2.24) is 15.6 Å². The topological polar surface area (TPSA) is 69.5 Å². The van der Waals surface area contributed by atoms with Gasteiger partial charge in [0.25, 0.3) is 0 Å². The van der Waals surface area contributed by atoms with Crippen molar-refractivity contribution in [2.45, 2.75) is 41.0 Å². The molecule has 1 heterocycles. The zero-order valence-corrected chi connectivity index (χ0v) is 14.6. The van der Waals surface area contributed by atoms with Crippen molar-refractivity contribution in [3.05, 3.63) is 15.6 Å². The van der Waals surface area contributed by atoms with Crippen LogP contribution in [-0.4, -0.2) is 42.3 Å². The van der Waals surface area contributed by atoms with E-state index in [0.717, 1.165) is 36.2 Å². The van der Waals surface area contributed by atoms with Gasteiger partial charge < -0.3 is 15.7 Å². The van der Waals surface area contributed by atoms with Gasteiger partial charge in [0, 0.05) is 36.4 Å². The number of thiazole rings is 1. The average molecular weight is 312 g/mol. The first-order valence-corrected chi connectivity index (χ1v) is 8.25. The Morgan fingerprint density at radius 2 is 2.05 bits per heavy atom. The first-order valence-electron chi connectivity index (χ1n) is 7.44. The minimum absolute atomic E-state index is 0.133. The molecule has 0 saturated carbocycles. The fourth-order valence-electron chi connectivity index (χ4n) is 1.62. The molecule has 1 aromatic rings. The van der Waals surface area contributed by atoms with E-state index in [-0.39, 0.29) is 12.0 Å². The van der Waals surface area contributed by atoms with Crippen LogP contribution < -0.4 is 10.6 Å². The van der Waals surface area contributed by atoms with Gasteiger partial charge in [0.1, 0.15) is 0 Å². The van der Waals surface area contributed by atoms with Crippen molar-refractivity contribution in [3.63, 3.8) is 0 Å². The lowest BCUT2D eigenvalue weighted by Crippen LogP contribution is -2.39. The van der Waals surface area contributed by atoms with Crippen LogP contribution in [0.3, 0.4) is 0 Å². The molecule has 0 spiro atoms. The Hall–Kier alpha value is -1.14. The zero-order valence-electron chi connectivity index (χ0n) is 13.8. The standard InChI is InChI=1S/C15H28N4OS/c1-6-16-14(18-9-15(4,5)10-20)17-8-7-13-19-11(2)12(3)21-13/h20H,6-10H2,1-5H3,(H2,16,17,18). The summed E-state index contributed by atoms with van der Waals surface area (Å²) >= 11 is 1.76. The van der Waals surface area contributed by atoms with Crippen LogP contribution in [0.4, 0.5) is 0 Å². The lowest BCUT2D eigenvalue weighted by Gasteiger charge is -2.20. The third kappa shape index (κ3) is 6.44. The number of nitrogens with zero attached hydrogens (tertiary/aromatic N) is 2. The Balaban J connectivity index is 2.49. The molecule has 0 atom stereocenters. The number of nitrogens with one attached hydrogen (secondary N) is 2. The van der Waals surface area contributed by atoms with E-state index in [4.69, 9.17) is 0 Å². The molecule has 0 aliphatic rings. The summed E-state index contributed by atoms with van der Waals surface area (Å²) in [5.74, 6) is 0.795. The summed E-state index contributed by atoms with van der Waals surface area (Å²) in [6.45, 7) is 12.5. The Morgan fingerprint density at radius 1 is 1.33 bits per heavy atom. The number of guanidine groups is 1. The minimum atomic E-state index is -0.189. The van der Waals surface area contributed by atoms with Crippen molar-refractivity contribution in [3.8, 4) is 0 Å². The molecular weight excluding hydrogens is 284 g/mol. The Morgan fingerprint density at radius 3 is 2.57 bits per heavy atom. The summed E-state index contributed by atoms with van der Waals surface area (Å²) in [7, 11) is 0. The third-order valence-electron chi connectivity index (χ3n) is 3.14. The molecular formula is C15H28N4OS. The van der Waals surface area contributed by atoms with E-state index < -0.39 is 0 Å². The van der Waals surface area contributed by atoms with Crippen LogP contribution in [0, 0.1) is 19.3 Å². The number of aryl methyl sites for hydroxylation is 2. The summed E-state index contributed by atoms with van der Waals surface area (Å²) in [6, 6.07) is 0. The van der Waals surface area contributed by atoms with E-state index in [9.17, 15) is 5.11 Å². The number of aliphatic imine (C=N–C) groups is 1. The van der Waals surface area contributed by atoms with Gasteiger partial charge in [-0.2, -0.15) is 0 Å². The van der Waals surface area contributed by atoms with Gasteiger partial charge >= 0.3 is 0 Å². The maximum Gasteiger partial charge on any atom is 0.191 e. The lowest BCUT2D eigenvalue weighted by atomic mass is 9.95. The smallest absolute Gasteiger partial charge is 0.191 e. The SMILES string of the molecule is CCNC(=NCC(C)(C)CO)NCCc1nc(C)c(C)s1. The summed E-state index contributed by atoms with van der Waals surface area (Å²) < 4.78 is 0. The molecule has 0 aliphatic carbocycles. The summed E-state index contributed by atoms with van der Waals surface area (Å²) in [5, 5.41) is 17.0. The van der Waals surface area contributed by atoms with Gasteiger partial charge in [-0.3, -0.25) is 4.99 Å². The molecule has 0 saturated heterocycles. The van der Waals surface area contributed by atoms with Gasteiger partial charge in [0.05, 0.1) is 17.2 Å². The van der Waals surface area contributed by atoms with E-state index in [1.54, 1.807) is 11.3 Å². The number of hydrogen-bond acceptors (Lipinski definition) is 4. The number of aromatic nitrogens is 1. The van der Waals surface area contributed by atoms with Gasteiger partial charge in [-0.15, -0.1) is 11.3 Å². The molecule has 0 aromatic carbocycles. The second-order valence-electron chi connectivity index (χ2n) is 5.94. The molecule has 120 valence electrons. The van der Waals surface area contributed by atoms with Crippen molar-refractivity contribution in [2.24, 2.45) is 10.4 Å². The molecule has 0 amide bonds. The van der Waals surface area contributed by atoms with E-state index >= 15 is 0 Å². The van der Waals surface area contributed by atoms with Crippen molar-refractivity contribution in [1.29, 1.82) is 0 Å². The summed E-state index contributed by atoms with van der Waals surface area (Å²) in [4.78, 5) is 10.4. The molecule has 21 heavy (non-hydrogen) atoms. The minimum Gasteiger partial charge on any atom is -0.396 e. The predicted molar refractivity (Wildman–Crippen MR) is 90.1 cm³/mol. The molecule has 0 aliphatic heterocycles. The van der Waals surface area contributed by atoms with Crippen LogP contribution in [0.5, 0.6) is 0 Å². The van der Waals surface area contributed by atoms with Crippen LogP contribution in [0.15, 0.2) is 4.99 Å². The fourth-order valence-corrected chi connectivity index (χ4v) is 2.55. The molecule has 0 unspecified atom stereocenters. The summed E-state index contributed by atoms with van der Waals surface area (Å²) in [5.41, 5.74) is 0.937. The number of aliphatic hydroxyl groups is 1. The highest BCUT2D eigenvalue weighted by atomic mass is 32.1. The van der Waals surface area contributed by atoms with Gasteiger partial charge in [0.15, 0.2) is 5.96 Å². The normalized spacial score (nSPS) is 12.6. The zero-order chi connectivity index (χ0) is 15.9. The van der Waals surface area contributed by atoms with Crippen molar-refractivity contribution in [2.75, 3.05) is 26.2 Å². The molecule has 0 bridgehead atoms. The largest absolute Gasteiger partial charge is 0.396 e. The predicted octanol–water partition coefficient (Wildman–Crippen LogP) is 1.88. The van der Waals surface area contributed by atoms with Gasteiger partial charge in [-0.25, -0.2) is 4.98 Å². The van der Waals surface area contributed by atoms with E-state index in [1.807, 2.05) is 27.7 Å². The molecule has 0 fully saturated rings. The van der Waals surface area contributed by atoms with Crippen LogP contribution in [0.1, 0.15) is 36.3 Å². The lowest BCUT2D eigenvalue weighted by molar-refractivity contribution is 0.167. The van der Waals surface area contributed by atoms with Crippen LogP contribution in [0.25, 0.3) is 0 Å². The molecule has 5 nitrogen and oxygen atoms in total. The fraction of sp³-hybridized carbons (Fsp3) is 0.733. The molecule has 1 aromatic heterocycles. The maximum atomic E-state index is 9.27. The molecule has 6 heteroatoms. The van der Waals surface area contributed by atoms with E-state index in [1.165, 1.54) is 4.88 Å². The van der Waals surface area contributed by atoms with E-state index in [2.05, 4.69) is 27.5 Å².